The molecule has 30 heavy (non-hydrogen) atoms. The van der Waals surface area contributed by atoms with Gasteiger partial charge in [-0.2, -0.15) is 0 Å². The number of hydrogen-bond acceptors (Lipinski definition) is 5. The fourth-order valence-electron chi connectivity index (χ4n) is 3.47. The molecule has 1 saturated heterocycles. The Morgan fingerprint density at radius 2 is 1.97 bits per heavy atom. The van der Waals surface area contributed by atoms with E-state index in [-0.39, 0.29) is 36.9 Å². The summed E-state index contributed by atoms with van der Waals surface area (Å²) in [5, 5.41) is 5.26. The molecule has 0 spiro atoms. The highest BCUT2D eigenvalue weighted by atomic mass is 16.6. The van der Waals surface area contributed by atoms with E-state index in [1.807, 2.05) is 44.2 Å². The van der Waals surface area contributed by atoms with Gasteiger partial charge in [-0.1, -0.05) is 50.6 Å². The summed E-state index contributed by atoms with van der Waals surface area (Å²) in [5.74, 6) is -0.340. The Labute approximate surface area is 178 Å². The smallest absolute Gasteiger partial charge is 0.407 e. The highest BCUT2D eigenvalue weighted by Gasteiger charge is 2.23. The number of alkyl carbamates (subject to hydrolysis) is 1. The summed E-state index contributed by atoms with van der Waals surface area (Å²) in [4.78, 5) is 36.8. The molecule has 7 heteroatoms. The number of rotatable bonds is 11. The van der Waals surface area contributed by atoms with Crippen LogP contribution in [0.1, 0.15) is 63.9 Å². The average Bonchev–Trinajstić information content (AvgIpc) is 2.77. The highest BCUT2D eigenvalue weighted by molar-refractivity contribution is 5.90. The number of ether oxygens (including phenoxy) is 2. The van der Waals surface area contributed by atoms with Crippen molar-refractivity contribution >= 4 is 17.8 Å². The molecule has 2 amide bonds. The number of amides is 2. The van der Waals surface area contributed by atoms with E-state index in [1.165, 1.54) is 0 Å². The van der Waals surface area contributed by atoms with Crippen molar-refractivity contribution in [2.75, 3.05) is 19.8 Å². The lowest BCUT2D eigenvalue weighted by molar-refractivity contribution is -0.126. The first-order valence-electron chi connectivity index (χ1n) is 10.9. The summed E-state index contributed by atoms with van der Waals surface area (Å²) >= 11 is 0. The van der Waals surface area contributed by atoms with E-state index >= 15 is 0 Å². The number of carbonyl (C=O) groups excluding carboxylic acids is 3. The first-order chi connectivity index (χ1) is 14.5. The van der Waals surface area contributed by atoms with Crippen molar-refractivity contribution < 1.29 is 23.9 Å². The van der Waals surface area contributed by atoms with Crippen LogP contribution in [0.15, 0.2) is 30.3 Å². The van der Waals surface area contributed by atoms with Gasteiger partial charge in [0.05, 0.1) is 12.6 Å². The topological polar surface area (TPSA) is 93.7 Å². The first kappa shape index (κ1) is 23.9. The van der Waals surface area contributed by atoms with E-state index in [1.54, 1.807) is 0 Å². The standard InChI is InChI=1S/C23H34N2O5/c1-3-9-21(25-23(28)30-16-20-12-7-8-13-29-20)22(27)24-15-19(26)14-17(2)18-10-5-4-6-11-18/h4-6,10-11,17,20-21H,3,7-9,12-16H2,1-2H3,(H,24,27)(H,25,28)/t17-,20?,21?/m0/s1. The van der Waals surface area contributed by atoms with Gasteiger partial charge in [-0.25, -0.2) is 4.79 Å². The van der Waals surface area contributed by atoms with Crippen LogP contribution in [-0.2, 0) is 19.1 Å². The Bertz CT molecular complexity index is 673. The van der Waals surface area contributed by atoms with Gasteiger partial charge in [0, 0.05) is 13.0 Å². The van der Waals surface area contributed by atoms with E-state index in [4.69, 9.17) is 9.47 Å². The number of Topliss-reactive ketones (excluding diaryl/α,β-unsaturated/α-hetero) is 1. The predicted octanol–water partition coefficient (Wildman–Crippen LogP) is 3.33. The number of ketones is 1. The van der Waals surface area contributed by atoms with E-state index in [0.29, 0.717) is 25.9 Å². The monoisotopic (exact) mass is 418 g/mol. The molecule has 0 bridgehead atoms. The molecule has 1 fully saturated rings. The summed E-state index contributed by atoms with van der Waals surface area (Å²) in [6, 6.07) is 9.07. The van der Waals surface area contributed by atoms with Crippen LogP contribution in [0.25, 0.3) is 0 Å². The van der Waals surface area contributed by atoms with Crippen molar-refractivity contribution in [3.05, 3.63) is 35.9 Å². The molecule has 1 aromatic rings. The zero-order valence-corrected chi connectivity index (χ0v) is 18.0. The summed E-state index contributed by atoms with van der Waals surface area (Å²) in [7, 11) is 0. The average molecular weight is 419 g/mol. The van der Waals surface area contributed by atoms with E-state index in [9.17, 15) is 14.4 Å². The Balaban J connectivity index is 1.74. The molecular weight excluding hydrogens is 384 g/mol. The van der Waals surface area contributed by atoms with Crippen molar-refractivity contribution in [2.45, 2.75) is 70.4 Å². The minimum absolute atomic E-state index is 0.0491. The Kier molecular flexibility index (Phi) is 10.3. The fraction of sp³-hybridized carbons (Fsp3) is 0.609. The highest BCUT2D eigenvalue weighted by Crippen LogP contribution is 2.18. The largest absolute Gasteiger partial charge is 0.447 e. The van der Waals surface area contributed by atoms with Gasteiger partial charge >= 0.3 is 6.09 Å². The van der Waals surface area contributed by atoms with Gasteiger partial charge in [0.15, 0.2) is 5.78 Å². The molecule has 0 radical (unpaired) electrons. The normalized spacial score (nSPS) is 18.1. The lowest BCUT2D eigenvalue weighted by Gasteiger charge is -2.23. The lowest BCUT2D eigenvalue weighted by Crippen LogP contribution is -2.48. The third-order valence-electron chi connectivity index (χ3n) is 5.22. The molecule has 3 atom stereocenters. The minimum atomic E-state index is -0.728. The molecule has 7 nitrogen and oxygen atoms in total. The molecule has 1 aliphatic heterocycles. The summed E-state index contributed by atoms with van der Waals surface area (Å²) < 4.78 is 10.7. The molecule has 0 aliphatic carbocycles. The molecule has 0 saturated carbocycles. The second-order valence-electron chi connectivity index (χ2n) is 7.84. The molecule has 1 aromatic carbocycles. The zero-order chi connectivity index (χ0) is 21.8. The Morgan fingerprint density at radius 3 is 2.63 bits per heavy atom. The van der Waals surface area contributed by atoms with Gasteiger partial charge < -0.3 is 20.1 Å². The van der Waals surface area contributed by atoms with E-state index < -0.39 is 12.1 Å². The second kappa shape index (κ2) is 13.0. The van der Waals surface area contributed by atoms with Crippen LogP contribution in [0.4, 0.5) is 4.79 Å². The van der Waals surface area contributed by atoms with Gasteiger partial charge in [-0.05, 0) is 37.2 Å². The maximum atomic E-state index is 12.5. The van der Waals surface area contributed by atoms with Gasteiger partial charge in [0.25, 0.3) is 0 Å². The number of hydrogen-bond donors (Lipinski definition) is 2. The van der Waals surface area contributed by atoms with Gasteiger partial charge in [-0.15, -0.1) is 0 Å². The number of nitrogens with one attached hydrogen (secondary N) is 2. The number of benzene rings is 1. The van der Waals surface area contributed by atoms with Gasteiger partial charge in [-0.3, -0.25) is 9.59 Å². The third-order valence-corrected chi connectivity index (χ3v) is 5.22. The molecule has 2 N–H and O–H groups in total. The third kappa shape index (κ3) is 8.53. The molecule has 166 valence electrons. The summed E-state index contributed by atoms with van der Waals surface area (Å²) in [6.45, 7) is 4.73. The first-order valence-corrected chi connectivity index (χ1v) is 10.9. The van der Waals surface area contributed by atoms with Gasteiger partial charge in [0.2, 0.25) is 5.91 Å². The summed E-state index contributed by atoms with van der Waals surface area (Å²) in [6.07, 6.45) is 3.78. The SMILES string of the molecule is CCCC(NC(=O)OCC1CCCCO1)C(=O)NCC(=O)C[C@H](C)c1ccccc1. The second-order valence-corrected chi connectivity index (χ2v) is 7.84. The zero-order valence-electron chi connectivity index (χ0n) is 18.0. The van der Waals surface area contributed by atoms with Crippen LogP contribution in [0, 0.1) is 0 Å². The van der Waals surface area contributed by atoms with E-state index in [0.717, 1.165) is 24.8 Å². The molecule has 2 rings (SSSR count). The Hall–Kier alpha value is -2.41. The molecule has 2 unspecified atom stereocenters. The van der Waals surface area contributed by atoms with E-state index in [2.05, 4.69) is 10.6 Å². The predicted molar refractivity (Wildman–Crippen MR) is 114 cm³/mol. The van der Waals surface area contributed by atoms with Crippen molar-refractivity contribution in [2.24, 2.45) is 0 Å². The van der Waals surface area contributed by atoms with Crippen LogP contribution in [-0.4, -0.2) is 49.7 Å². The van der Waals surface area contributed by atoms with Crippen molar-refractivity contribution in [3.63, 3.8) is 0 Å². The van der Waals surface area contributed by atoms with Crippen molar-refractivity contribution in [3.8, 4) is 0 Å². The van der Waals surface area contributed by atoms with Crippen molar-refractivity contribution in [1.82, 2.24) is 10.6 Å². The van der Waals surface area contributed by atoms with Gasteiger partial charge in [0.1, 0.15) is 12.6 Å². The maximum Gasteiger partial charge on any atom is 0.407 e. The number of carbonyl (C=O) groups is 3. The van der Waals surface area contributed by atoms with Crippen molar-refractivity contribution in [1.29, 1.82) is 0 Å². The fourth-order valence-corrected chi connectivity index (χ4v) is 3.47. The molecule has 0 aromatic heterocycles. The minimum Gasteiger partial charge on any atom is -0.447 e. The summed E-state index contributed by atoms with van der Waals surface area (Å²) in [5.41, 5.74) is 1.09. The molecule has 1 aliphatic rings. The Morgan fingerprint density at radius 1 is 1.20 bits per heavy atom. The quantitative estimate of drug-likeness (QED) is 0.575. The van der Waals surface area contributed by atoms with Crippen LogP contribution in [0.5, 0.6) is 0 Å². The maximum absolute atomic E-state index is 12.5. The van der Waals surface area contributed by atoms with Crippen LogP contribution >= 0.6 is 0 Å². The van der Waals surface area contributed by atoms with Crippen LogP contribution in [0.3, 0.4) is 0 Å². The molecule has 1 heterocycles. The van der Waals surface area contributed by atoms with Crippen LogP contribution < -0.4 is 10.6 Å². The lowest BCUT2D eigenvalue weighted by atomic mass is 9.96. The van der Waals surface area contributed by atoms with Crippen LogP contribution in [0.2, 0.25) is 0 Å². The molecular formula is C23H34N2O5.